The van der Waals surface area contributed by atoms with Crippen molar-refractivity contribution in [3.05, 3.63) is 0 Å². The molecular formula is C26H46N6O12. The van der Waals surface area contributed by atoms with Crippen LogP contribution in [0.5, 0.6) is 0 Å². The third kappa shape index (κ3) is 12.3. The molecule has 5 amide bonds. The van der Waals surface area contributed by atoms with E-state index >= 15 is 0 Å². The van der Waals surface area contributed by atoms with E-state index in [1.807, 2.05) is 0 Å². The summed E-state index contributed by atoms with van der Waals surface area (Å²) < 4.78 is 11.1. The Morgan fingerprint density at radius 2 is 1.55 bits per heavy atom. The SMILES string of the molecule is CC(=O)N[C@H]1C(CO)O[C@H](CO)[C@@H](O)[C@@H]1OC(C)C(=O)N[C@@H](C)C(=O)N[C@H](CCC(=O)N[C@@H](CCCCN)C(=O)O)C(N)=O. The molecule has 0 aromatic rings. The van der Waals surface area contributed by atoms with Gasteiger partial charge in [0.2, 0.25) is 29.5 Å². The van der Waals surface area contributed by atoms with Gasteiger partial charge in [-0.1, -0.05) is 0 Å². The largest absolute Gasteiger partial charge is 0.480 e. The summed E-state index contributed by atoms with van der Waals surface area (Å²) in [5.41, 5.74) is 10.8. The highest BCUT2D eigenvalue weighted by Gasteiger charge is 2.47. The topological polar surface area (TPSA) is 302 Å². The zero-order valence-electron chi connectivity index (χ0n) is 25.1. The summed E-state index contributed by atoms with van der Waals surface area (Å²) in [6.07, 6.45) is -5.69. The number of primary amides is 1. The molecule has 252 valence electrons. The lowest BCUT2D eigenvalue weighted by Gasteiger charge is -2.44. The van der Waals surface area contributed by atoms with Crippen LogP contribution in [0.2, 0.25) is 0 Å². The van der Waals surface area contributed by atoms with Crippen LogP contribution in [0.25, 0.3) is 0 Å². The molecule has 9 atom stereocenters. The fourth-order valence-corrected chi connectivity index (χ4v) is 4.48. The minimum absolute atomic E-state index is 0.166. The first-order valence-corrected chi connectivity index (χ1v) is 14.3. The van der Waals surface area contributed by atoms with Gasteiger partial charge in [0.25, 0.3) is 0 Å². The molecule has 18 heteroatoms. The third-order valence-electron chi connectivity index (χ3n) is 6.93. The molecule has 0 aromatic carbocycles. The monoisotopic (exact) mass is 634 g/mol. The van der Waals surface area contributed by atoms with Crippen molar-refractivity contribution in [2.24, 2.45) is 11.5 Å². The van der Waals surface area contributed by atoms with Gasteiger partial charge in [0.1, 0.15) is 48.6 Å². The van der Waals surface area contributed by atoms with E-state index in [4.69, 9.17) is 20.9 Å². The van der Waals surface area contributed by atoms with Gasteiger partial charge in [0.15, 0.2) is 0 Å². The number of aliphatic carboxylic acids is 1. The molecule has 18 nitrogen and oxygen atoms in total. The van der Waals surface area contributed by atoms with Crippen molar-refractivity contribution in [2.75, 3.05) is 19.8 Å². The van der Waals surface area contributed by atoms with Gasteiger partial charge in [0.05, 0.1) is 19.3 Å². The maximum atomic E-state index is 12.8. The van der Waals surface area contributed by atoms with Crippen LogP contribution in [-0.4, -0.2) is 130 Å². The van der Waals surface area contributed by atoms with Gasteiger partial charge in [-0.25, -0.2) is 4.79 Å². The number of carbonyl (C=O) groups excluding carboxylic acids is 5. The Balaban J connectivity index is 2.78. The number of aliphatic hydroxyl groups excluding tert-OH is 3. The highest BCUT2D eigenvalue weighted by Crippen LogP contribution is 2.25. The second-order valence-electron chi connectivity index (χ2n) is 10.5. The number of nitrogens with two attached hydrogens (primary N) is 2. The Morgan fingerprint density at radius 1 is 0.909 bits per heavy atom. The molecule has 0 radical (unpaired) electrons. The fourth-order valence-electron chi connectivity index (χ4n) is 4.48. The number of aliphatic hydroxyl groups is 3. The van der Waals surface area contributed by atoms with E-state index in [0.29, 0.717) is 19.4 Å². The number of nitrogens with one attached hydrogen (secondary N) is 4. The third-order valence-corrected chi connectivity index (χ3v) is 6.93. The molecule has 2 unspecified atom stereocenters. The Bertz CT molecular complexity index is 1000. The Hall–Kier alpha value is -3.42. The highest BCUT2D eigenvalue weighted by molar-refractivity contribution is 5.92. The Morgan fingerprint density at radius 3 is 2.07 bits per heavy atom. The Kier molecular flexibility index (Phi) is 16.7. The number of hydrogen-bond donors (Lipinski definition) is 10. The molecule has 0 bridgehead atoms. The molecule has 12 N–H and O–H groups in total. The number of carboxylic acid groups (broad SMARTS) is 1. The van der Waals surface area contributed by atoms with Crippen molar-refractivity contribution in [2.45, 2.75) is 108 Å². The van der Waals surface area contributed by atoms with Crippen LogP contribution >= 0.6 is 0 Å². The molecule has 1 saturated heterocycles. The van der Waals surface area contributed by atoms with E-state index in [1.54, 1.807) is 0 Å². The van der Waals surface area contributed by atoms with Crippen molar-refractivity contribution >= 4 is 35.5 Å². The molecule has 1 aliphatic heterocycles. The maximum absolute atomic E-state index is 12.8. The number of rotatable bonds is 19. The first-order valence-electron chi connectivity index (χ1n) is 14.3. The molecule has 0 aliphatic carbocycles. The first kappa shape index (κ1) is 38.6. The van der Waals surface area contributed by atoms with Crippen molar-refractivity contribution in [1.82, 2.24) is 21.3 Å². The normalized spacial score (nSPS) is 24.2. The minimum Gasteiger partial charge on any atom is -0.480 e. The van der Waals surface area contributed by atoms with Crippen LogP contribution in [0.4, 0.5) is 0 Å². The van der Waals surface area contributed by atoms with Crippen molar-refractivity contribution in [1.29, 1.82) is 0 Å². The van der Waals surface area contributed by atoms with Crippen LogP contribution in [0.3, 0.4) is 0 Å². The maximum Gasteiger partial charge on any atom is 0.326 e. The molecule has 1 aliphatic rings. The molecule has 0 aromatic heterocycles. The zero-order valence-corrected chi connectivity index (χ0v) is 25.1. The summed E-state index contributed by atoms with van der Waals surface area (Å²) in [6, 6.07) is -4.78. The predicted molar refractivity (Wildman–Crippen MR) is 151 cm³/mol. The van der Waals surface area contributed by atoms with Crippen LogP contribution in [0.1, 0.15) is 52.9 Å². The van der Waals surface area contributed by atoms with Crippen LogP contribution in [-0.2, 0) is 38.2 Å². The molecule has 44 heavy (non-hydrogen) atoms. The molecular weight excluding hydrogens is 588 g/mol. The average molecular weight is 635 g/mol. The van der Waals surface area contributed by atoms with E-state index < -0.39 is 103 Å². The standard InChI is InChI=1S/C26H46N6O12/c1-12(24(39)32-15(23(28)38)7-8-19(36)31-16(26(41)42)6-4-5-9-27)29-25(40)13(2)43-22-20(30-14(3)35)17(10-33)44-18(11-34)21(22)37/h12-13,15-18,20-22,33-34,37H,4-11,27H2,1-3H3,(H2,28,38)(H,29,40)(H,30,35)(H,31,36)(H,32,39)(H,41,42)/t12-,13?,15+,16-,17?,18+,20-,21+,22+/m0/s1. The number of ether oxygens (including phenoxy) is 2. The van der Waals surface area contributed by atoms with Gasteiger partial charge in [-0.2, -0.15) is 0 Å². The highest BCUT2D eigenvalue weighted by atomic mass is 16.6. The van der Waals surface area contributed by atoms with Crippen LogP contribution < -0.4 is 32.7 Å². The first-order chi connectivity index (χ1) is 20.7. The number of hydrogen-bond acceptors (Lipinski definition) is 12. The summed E-state index contributed by atoms with van der Waals surface area (Å²) in [6.45, 7) is 2.94. The summed E-state index contributed by atoms with van der Waals surface area (Å²) in [5.74, 6) is -5.04. The van der Waals surface area contributed by atoms with Gasteiger partial charge < -0.3 is 62.6 Å². The lowest BCUT2D eigenvalue weighted by Crippen LogP contribution is -2.66. The molecule has 1 heterocycles. The number of carbonyl (C=O) groups is 6. The summed E-state index contributed by atoms with van der Waals surface area (Å²) in [4.78, 5) is 72.9. The van der Waals surface area contributed by atoms with Crippen LogP contribution in [0, 0.1) is 0 Å². The van der Waals surface area contributed by atoms with E-state index in [9.17, 15) is 49.2 Å². The number of carboxylic acids is 1. The minimum atomic E-state index is -1.50. The van der Waals surface area contributed by atoms with Gasteiger partial charge >= 0.3 is 5.97 Å². The quantitative estimate of drug-likeness (QED) is 0.0598. The molecule has 0 saturated carbocycles. The van der Waals surface area contributed by atoms with E-state index in [-0.39, 0.29) is 19.3 Å². The summed E-state index contributed by atoms with van der Waals surface area (Å²) >= 11 is 0. The second-order valence-corrected chi connectivity index (χ2v) is 10.5. The zero-order chi connectivity index (χ0) is 33.6. The second kappa shape index (κ2) is 19.1. The number of amides is 5. The van der Waals surface area contributed by atoms with Gasteiger partial charge in [0, 0.05) is 13.3 Å². The average Bonchev–Trinajstić information content (AvgIpc) is 2.95. The van der Waals surface area contributed by atoms with Crippen molar-refractivity contribution in [3.8, 4) is 0 Å². The lowest BCUT2D eigenvalue weighted by molar-refractivity contribution is -0.222. The Labute approximate surface area is 254 Å². The van der Waals surface area contributed by atoms with Crippen LogP contribution in [0.15, 0.2) is 0 Å². The smallest absolute Gasteiger partial charge is 0.326 e. The van der Waals surface area contributed by atoms with Gasteiger partial charge in [-0.05, 0) is 46.1 Å². The lowest BCUT2D eigenvalue weighted by atomic mass is 9.92. The van der Waals surface area contributed by atoms with E-state index in [1.165, 1.54) is 20.8 Å². The number of unbranched alkanes of at least 4 members (excludes halogenated alkanes) is 1. The summed E-state index contributed by atoms with van der Waals surface area (Å²) in [5, 5.41) is 48.8. The molecule has 1 fully saturated rings. The van der Waals surface area contributed by atoms with E-state index in [2.05, 4.69) is 21.3 Å². The molecule has 1 rings (SSSR count). The summed E-state index contributed by atoms with van der Waals surface area (Å²) in [7, 11) is 0. The van der Waals surface area contributed by atoms with Crippen molar-refractivity contribution in [3.63, 3.8) is 0 Å². The van der Waals surface area contributed by atoms with E-state index in [0.717, 1.165) is 0 Å². The molecule has 0 spiro atoms. The van der Waals surface area contributed by atoms with Gasteiger partial charge in [-0.3, -0.25) is 24.0 Å². The van der Waals surface area contributed by atoms with Gasteiger partial charge in [-0.15, -0.1) is 0 Å². The van der Waals surface area contributed by atoms with Crippen molar-refractivity contribution < 1.29 is 58.7 Å². The predicted octanol–water partition coefficient (Wildman–Crippen LogP) is -4.67. The fraction of sp³-hybridized carbons (Fsp3) is 0.769.